The lowest BCUT2D eigenvalue weighted by molar-refractivity contribution is -0.137. The van der Waals surface area contributed by atoms with Crippen molar-refractivity contribution in [3.63, 3.8) is 0 Å². The van der Waals surface area contributed by atoms with E-state index in [0.717, 1.165) is 16.7 Å². The van der Waals surface area contributed by atoms with E-state index in [1.807, 2.05) is 0 Å². The maximum absolute atomic E-state index is 12.9. The molecule has 23 heavy (non-hydrogen) atoms. The number of hydrogen-bond acceptors (Lipinski definition) is 5. The van der Waals surface area contributed by atoms with Crippen LogP contribution in [0.25, 0.3) is 5.65 Å². The average molecular weight is 341 g/mol. The molecule has 120 valence electrons. The van der Waals surface area contributed by atoms with Crippen LogP contribution in [0.5, 0.6) is 0 Å². The first-order chi connectivity index (χ1) is 10.8. The smallest absolute Gasteiger partial charge is 0.295 e. The molecular formula is C13H10F3N5OS. The van der Waals surface area contributed by atoms with Gasteiger partial charge in [0.25, 0.3) is 5.91 Å². The Morgan fingerprint density at radius 1 is 1.26 bits per heavy atom. The molecule has 0 radical (unpaired) electrons. The van der Waals surface area contributed by atoms with E-state index in [4.69, 9.17) is 0 Å². The van der Waals surface area contributed by atoms with E-state index < -0.39 is 17.6 Å². The maximum atomic E-state index is 12.9. The lowest BCUT2D eigenvalue weighted by Crippen LogP contribution is -2.16. The summed E-state index contributed by atoms with van der Waals surface area (Å²) in [5.41, 5.74) is -0.251. The van der Waals surface area contributed by atoms with E-state index in [9.17, 15) is 18.0 Å². The first-order valence-corrected chi connectivity index (χ1v) is 7.25. The SMILES string of the molecule is Cc1nnc(NC(=O)c2c(C)nc3ccc(C(F)(F)F)cn23)s1. The van der Waals surface area contributed by atoms with Gasteiger partial charge in [-0.05, 0) is 26.0 Å². The third kappa shape index (κ3) is 2.89. The Morgan fingerprint density at radius 3 is 2.61 bits per heavy atom. The molecule has 0 aliphatic rings. The van der Waals surface area contributed by atoms with Crippen LogP contribution in [-0.2, 0) is 6.18 Å². The largest absolute Gasteiger partial charge is 0.417 e. The summed E-state index contributed by atoms with van der Waals surface area (Å²) >= 11 is 1.17. The number of aryl methyl sites for hydroxylation is 2. The molecule has 3 aromatic heterocycles. The third-order valence-corrected chi connectivity index (χ3v) is 3.84. The highest BCUT2D eigenvalue weighted by Gasteiger charge is 2.31. The number of aromatic nitrogens is 4. The van der Waals surface area contributed by atoms with Crippen molar-refractivity contribution in [2.75, 3.05) is 5.32 Å². The van der Waals surface area contributed by atoms with Crippen LogP contribution in [0.1, 0.15) is 26.8 Å². The van der Waals surface area contributed by atoms with Crippen LogP contribution in [0, 0.1) is 13.8 Å². The second-order valence-corrected chi connectivity index (χ2v) is 5.95. The van der Waals surface area contributed by atoms with Gasteiger partial charge in [0, 0.05) is 6.20 Å². The minimum atomic E-state index is -4.50. The van der Waals surface area contributed by atoms with Gasteiger partial charge in [-0.3, -0.25) is 14.5 Å². The molecule has 0 aliphatic heterocycles. The fraction of sp³-hybridized carbons (Fsp3) is 0.231. The van der Waals surface area contributed by atoms with Crippen LogP contribution in [0.3, 0.4) is 0 Å². The van der Waals surface area contributed by atoms with Crippen LogP contribution in [0.15, 0.2) is 18.3 Å². The molecule has 1 amide bonds. The van der Waals surface area contributed by atoms with Crippen molar-refractivity contribution in [2.24, 2.45) is 0 Å². The number of pyridine rings is 1. The van der Waals surface area contributed by atoms with Gasteiger partial charge in [0.1, 0.15) is 16.3 Å². The molecule has 3 aromatic rings. The fourth-order valence-corrected chi connectivity index (χ4v) is 2.69. The van der Waals surface area contributed by atoms with E-state index in [2.05, 4.69) is 20.5 Å². The number of rotatable bonds is 2. The first kappa shape index (κ1) is 15.4. The van der Waals surface area contributed by atoms with Gasteiger partial charge >= 0.3 is 6.18 Å². The number of anilines is 1. The zero-order valence-corrected chi connectivity index (χ0v) is 12.8. The quantitative estimate of drug-likeness (QED) is 0.777. The average Bonchev–Trinajstić information content (AvgIpc) is 2.99. The number of nitrogens with one attached hydrogen (secondary N) is 1. The Morgan fingerprint density at radius 2 is 2.00 bits per heavy atom. The summed E-state index contributed by atoms with van der Waals surface area (Å²) < 4.78 is 39.7. The van der Waals surface area contributed by atoms with E-state index >= 15 is 0 Å². The normalized spacial score (nSPS) is 11.9. The van der Waals surface area contributed by atoms with Gasteiger partial charge in [-0.15, -0.1) is 10.2 Å². The van der Waals surface area contributed by atoms with Crippen molar-refractivity contribution in [3.8, 4) is 0 Å². The summed E-state index contributed by atoms with van der Waals surface area (Å²) in [4.78, 5) is 16.5. The number of amides is 1. The number of halogens is 3. The highest BCUT2D eigenvalue weighted by atomic mass is 32.1. The zero-order valence-electron chi connectivity index (χ0n) is 12.0. The highest BCUT2D eigenvalue weighted by Crippen LogP contribution is 2.30. The number of carbonyl (C=O) groups excluding carboxylic acids is 1. The molecular weight excluding hydrogens is 331 g/mol. The number of carbonyl (C=O) groups is 1. The second kappa shape index (κ2) is 5.30. The first-order valence-electron chi connectivity index (χ1n) is 6.43. The van der Waals surface area contributed by atoms with E-state index in [-0.39, 0.29) is 16.5 Å². The Kier molecular flexibility index (Phi) is 3.55. The number of nitrogens with zero attached hydrogens (tertiary/aromatic N) is 4. The van der Waals surface area contributed by atoms with Crippen LogP contribution < -0.4 is 5.32 Å². The summed E-state index contributed by atoms with van der Waals surface area (Å²) in [6, 6.07) is 2.15. The van der Waals surface area contributed by atoms with Crippen LogP contribution in [0.2, 0.25) is 0 Å². The summed E-state index contributed by atoms with van der Waals surface area (Å²) in [6.45, 7) is 3.28. The van der Waals surface area contributed by atoms with Gasteiger partial charge in [0.2, 0.25) is 5.13 Å². The monoisotopic (exact) mass is 341 g/mol. The molecule has 10 heteroatoms. The molecule has 0 fully saturated rings. The standard InChI is InChI=1S/C13H10F3N5OS/c1-6-10(11(22)18-12-20-19-7(2)23-12)21-5-8(13(14,15)16)3-4-9(21)17-6/h3-5H,1-2H3,(H,18,20,22). The van der Waals surface area contributed by atoms with Gasteiger partial charge in [0.15, 0.2) is 0 Å². The number of fused-ring (bicyclic) bond motifs is 1. The summed E-state index contributed by atoms with van der Waals surface area (Å²) in [7, 11) is 0. The van der Waals surface area contributed by atoms with Gasteiger partial charge in [-0.2, -0.15) is 13.2 Å². The molecule has 1 N–H and O–H groups in total. The van der Waals surface area contributed by atoms with Crippen molar-refractivity contribution in [1.82, 2.24) is 19.6 Å². The number of imidazole rings is 1. The van der Waals surface area contributed by atoms with Crippen LogP contribution in [0.4, 0.5) is 18.3 Å². The molecule has 3 rings (SSSR count). The van der Waals surface area contributed by atoms with E-state index in [1.54, 1.807) is 13.8 Å². The third-order valence-electron chi connectivity index (χ3n) is 3.08. The van der Waals surface area contributed by atoms with Crippen molar-refractivity contribution < 1.29 is 18.0 Å². The summed E-state index contributed by atoms with van der Waals surface area (Å²) in [5.74, 6) is -0.592. The zero-order chi connectivity index (χ0) is 16.8. The lowest BCUT2D eigenvalue weighted by Gasteiger charge is -2.08. The molecule has 0 saturated heterocycles. The van der Waals surface area contributed by atoms with Crippen molar-refractivity contribution in [3.05, 3.63) is 40.3 Å². The molecule has 6 nitrogen and oxygen atoms in total. The van der Waals surface area contributed by atoms with Crippen molar-refractivity contribution >= 4 is 28.0 Å². The topological polar surface area (TPSA) is 72.2 Å². The van der Waals surface area contributed by atoms with Gasteiger partial charge in [-0.1, -0.05) is 11.3 Å². The lowest BCUT2D eigenvalue weighted by atomic mass is 10.2. The molecule has 0 unspecified atom stereocenters. The minimum absolute atomic E-state index is 0.0268. The molecule has 0 saturated carbocycles. The Bertz CT molecular complexity index is 899. The predicted octanol–water partition coefficient (Wildman–Crippen LogP) is 3.07. The van der Waals surface area contributed by atoms with Crippen molar-refractivity contribution in [1.29, 1.82) is 0 Å². The van der Waals surface area contributed by atoms with Crippen LogP contribution >= 0.6 is 11.3 Å². The Balaban J connectivity index is 2.05. The molecule has 0 aromatic carbocycles. The molecule has 0 atom stereocenters. The summed E-state index contributed by atoms with van der Waals surface area (Å²) in [6.07, 6.45) is -3.65. The van der Waals surface area contributed by atoms with E-state index in [0.29, 0.717) is 10.7 Å². The fourth-order valence-electron chi connectivity index (χ4n) is 2.11. The summed E-state index contributed by atoms with van der Waals surface area (Å²) in [5, 5.41) is 11.0. The van der Waals surface area contributed by atoms with Gasteiger partial charge in [-0.25, -0.2) is 4.98 Å². The predicted molar refractivity (Wildman–Crippen MR) is 77.5 cm³/mol. The molecule has 3 heterocycles. The Hall–Kier alpha value is -2.49. The highest BCUT2D eigenvalue weighted by molar-refractivity contribution is 7.15. The Labute approximate surface area is 132 Å². The van der Waals surface area contributed by atoms with E-state index in [1.165, 1.54) is 17.4 Å². The van der Waals surface area contributed by atoms with Crippen LogP contribution in [-0.4, -0.2) is 25.5 Å². The van der Waals surface area contributed by atoms with Gasteiger partial charge in [0.05, 0.1) is 11.3 Å². The van der Waals surface area contributed by atoms with Crippen molar-refractivity contribution in [2.45, 2.75) is 20.0 Å². The molecule has 0 spiro atoms. The number of hydrogen-bond donors (Lipinski definition) is 1. The second-order valence-electron chi connectivity index (χ2n) is 4.77. The molecule has 0 aliphatic carbocycles. The number of alkyl halides is 3. The molecule has 0 bridgehead atoms. The maximum Gasteiger partial charge on any atom is 0.417 e. The minimum Gasteiger partial charge on any atom is -0.295 e. The van der Waals surface area contributed by atoms with Gasteiger partial charge < -0.3 is 0 Å².